The first-order valence-corrected chi connectivity index (χ1v) is 5.67. The van der Waals surface area contributed by atoms with Gasteiger partial charge in [-0.25, -0.2) is 0 Å². The molecule has 1 nitrogen and oxygen atoms in total. The van der Waals surface area contributed by atoms with Gasteiger partial charge in [-0.1, -0.05) is 50.6 Å². The lowest BCUT2D eigenvalue weighted by molar-refractivity contribution is 0.131. The van der Waals surface area contributed by atoms with Gasteiger partial charge in [-0.3, -0.25) is 0 Å². The van der Waals surface area contributed by atoms with E-state index in [1.807, 2.05) is 24.3 Å². The normalized spacial score (nSPS) is 13.9. The molecule has 0 aliphatic rings. The molecule has 0 spiro atoms. The minimum Gasteiger partial charge on any atom is -0.396 e. The fraction of sp³-hybridized carbons (Fsp3) is 0.538. The Bertz CT molecular complexity index is 315. The Morgan fingerprint density at radius 3 is 2.33 bits per heavy atom. The van der Waals surface area contributed by atoms with Gasteiger partial charge in [0.2, 0.25) is 0 Å². The molecule has 0 radical (unpaired) electrons. The topological polar surface area (TPSA) is 20.2 Å². The highest BCUT2D eigenvalue weighted by Crippen LogP contribution is 2.30. The smallest absolute Gasteiger partial charge is 0.0467 e. The minimum absolute atomic E-state index is 0.105. The van der Waals surface area contributed by atoms with E-state index in [9.17, 15) is 5.11 Å². The number of hydrogen-bond donors (Lipinski definition) is 1. The summed E-state index contributed by atoms with van der Waals surface area (Å²) >= 11 is 6.09. The molecule has 0 heterocycles. The molecule has 0 aliphatic carbocycles. The van der Waals surface area contributed by atoms with Gasteiger partial charge in [0, 0.05) is 11.6 Å². The Morgan fingerprint density at radius 2 is 1.87 bits per heavy atom. The lowest BCUT2D eigenvalue weighted by Crippen LogP contribution is -2.26. The Hall–Kier alpha value is -0.530. The minimum atomic E-state index is 0.105. The Kier molecular flexibility index (Phi) is 4.18. The fourth-order valence-corrected chi connectivity index (χ4v) is 1.79. The summed E-state index contributed by atoms with van der Waals surface area (Å²) in [5.74, 6) is 0.248. The number of benzene rings is 1. The predicted octanol–water partition coefficient (Wildman–Crippen LogP) is 3.54. The maximum atomic E-state index is 9.37. The second-order valence-corrected chi connectivity index (χ2v) is 5.45. The molecule has 0 amide bonds. The fourth-order valence-electron chi connectivity index (χ4n) is 1.57. The molecule has 0 saturated heterocycles. The van der Waals surface area contributed by atoms with Crippen LogP contribution < -0.4 is 0 Å². The van der Waals surface area contributed by atoms with Gasteiger partial charge in [0.1, 0.15) is 0 Å². The third kappa shape index (κ3) is 3.51. The maximum absolute atomic E-state index is 9.37. The van der Waals surface area contributed by atoms with Crippen LogP contribution in [0.1, 0.15) is 26.3 Å². The van der Waals surface area contributed by atoms with Crippen LogP contribution in [-0.2, 0) is 6.42 Å². The average Bonchev–Trinajstić information content (AvgIpc) is 2.14. The molecule has 1 atom stereocenters. The monoisotopic (exact) mass is 226 g/mol. The first-order valence-electron chi connectivity index (χ1n) is 5.29. The number of rotatable bonds is 3. The van der Waals surface area contributed by atoms with Crippen LogP contribution in [0.25, 0.3) is 0 Å². The molecule has 0 bridgehead atoms. The molecular weight excluding hydrogens is 208 g/mol. The first kappa shape index (κ1) is 12.5. The van der Waals surface area contributed by atoms with Crippen molar-refractivity contribution in [3.05, 3.63) is 34.9 Å². The summed E-state index contributed by atoms with van der Waals surface area (Å²) in [6.45, 7) is 6.63. The zero-order valence-corrected chi connectivity index (χ0v) is 10.4. The quantitative estimate of drug-likeness (QED) is 0.836. The van der Waals surface area contributed by atoms with E-state index < -0.39 is 0 Å². The molecule has 2 heteroatoms. The van der Waals surface area contributed by atoms with Crippen LogP contribution in [0.4, 0.5) is 0 Å². The number of hydrogen-bond acceptors (Lipinski definition) is 1. The second kappa shape index (κ2) is 5.00. The van der Waals surface area contributed by atoms with E-state index in [0.29, 0.717) is 0 Å². The van der Waals surface area contributed by atoms with Gasteiger partial charge < -0.3 is 5.11 Å². The highest BCUT2D eigenvalue weighted by molar-refractivity contribution is 6.31. The second-order valence-electron chi connectivity index (χ2n) is 5.04. The van der Waals surface area contributed by atoms with E-state index in [1.54, 1.807) is 0 Å². The van der Waals surface area contributed by atoms with Gasteiger partial charge in [0.25, 0.3) is 0 Å². The van der Waals surface area contributed by atoms with Crippen LogP contribution in [0.3, 0.4) is 0 Å². The van der Waals surface area contributed by atoms with E-state index in [0.717, 1.165) is 17.0 Å². The summed E-state index contributed by atoms with van der Waals surface area (Å²) in [6.07, 6.45) is 0.833. The first-order chi connectivity index (χ1) is 6.95. The Morgan fingerprint density at radius 1 is 1.27 bits per heavy atom. The van der Waals surface area contributed by atoms with E-state index in [1.165, 1.54) is 0 Å². The van der Waals surface area contributed by atoms with Crippen molar-refractivity contribution in [2.75, 3.05) is 6.61 Å². The maximum Gasteiger partial charge on any atom is 0.0467 e. The van der Waals surface area contributed by atoms with Gasteiger partial charge in [-0.15, -0.1) is 0 Å². The van der Waals surface area contributed by atoms with Crippen LogP contribution >= 0.6 is 11.6 Å². The molecule has 1 aromatic rings. The molecule has 1 rings (SSSR count). The molecule has 0 aromatic heterocycles. The highest BCUT2D eigenvalue weighted by Gasteiger charge is 2.24. The molecule has 1 N–H and O–H groups in total. The number of halogens is 1. The lowest BCUT2D eigenvalue weighted by Gasteiger charge is -2.29. The molecular formula is C13H19ClO. The molecule has 84 valence electrons. The van der Waals surface area contributed by atoms with Crippen molar-refractivity contribution < 1.29 is 5.11 Å². The largest absolute Gasteiger partial charge is 0.396 e. The van der Waals surface area contributed by atoms with Crippen molar-refractivity contribution in [3.63, 3.8) is 0 Å². The standard InChI is InChI=1S/C13H19ClO/c1-13(2,3)11(9-15)8-10-6-4-5-7-12(10)14/h4-7,11,15H,8-9H2,1-3H3. The van der Waals surface area contributed by atoms with E-state index >= 15 is 0 Å². The SMILES string of the molecule is CC(C)(C)C(CO)Cc1ccccc1Cl. The van der Waals surface area contributed by atoms with E-state index in [2.05, 4.69) is 20.8 Å². The number of aliphatic hydroxyl groups excluding tert-OH is 1. The van der Waals surface area contributed by atoms with Gasteiger partial charge in [0.15, 0.2) is 0 Å². The van der Waals surface area contributed by atoms with Crippen LogP contribution in [0.5, 0.6) is 0 Å². The van der Waals surface area contributed by atoms with Crippen LogP contribution in [0.2, 0.25) is 5.02 Å². The van der Waals surface area contributed by atoms with Crippen LogP contribution in [0.15, 0.2) is 24.3 Å². The predicted molar refractivity (Wildman–Crippen MR) is 65.2 cm³/mol. The molecule has 1 aromatic carbocycles. The molecule has 1 unspecified atom stereocenters. The van der Waals surface area contributed by atoms with Gasteiger partial charge in [-0.05, 0) is 29.4 Å². The number of aliphatic hydroxyl groups is 1. The molecule has 0 aliphatic heterocycles. The zero-order valence-electron chi connectivity index (χ0n) is 9.63. The third-order valence-corrected chi connectivity index (χ3v) is 3.24. The van der Waals surface area contributed by atoms with Crippen LogP contribution in [0, 0.1) is 11.3 Å². The third-order valence-electron chi connectivity index (χ3n) is 2.87. The average molecular weight is 227 g/mol. The van der Waals surface area contributed by atoms with E-state index in [-0.39, 0.29) is 17.9 Å². The van der Waals surface area contributed by atoms with Crippen LogP contribution in [-0.4, -0.2) is 11.7 Å². The van der Waals surface area contributed by atoms with Crippen molar-refractivity contribution in [1.29, 1.82) is 0 Å². The lowest BCUT2D eigenvalue weighted by atomic mass is 9.78. The van der Waals surface area contributed by atoms with Gasteiger partial charge in [-0.2, -0.15) is 0 Å². The molecule has 0 saturated carbocycles. The van der Waals surface area contributed by atoms with Crippen molar-refractivity contribution in [1.82, 2.24) is 0 Å². The summed E-state index contributed by atoms with van der Waals surface area (Å²) < 4.78 is 0. The summed E-state index contributed by atoms with van der Waals surface area (Å²) in [4.78, 5) is 0. The Balaban J connectivity index is 2.80. The van der Waals surface area contributed by atoms with Gasteiger partial charge >= 0.3 is 0 Å². The van der Waals surface area contributed by atoms with Crippen molar-refractivity contribution in [2.45, 2.75) is 27.2 Å². The van der Waals surface area contributed by atoms with Crippen molar-refractivity contribution in [2.24, 2.45) is 11.3 Å². The van der Waals surface area contributed by atoms with E-state index in [4.69, 9.17) is 11.6 Å². The summed E-state index contributed by atoms with van der Waals surface area (Å²) in [7, 11) is 0. The summed E-state index contributed by atoms with van der Waals surface area (Å²) in [5, 5.41) is 10.2. The van der Waals surface area contributed by atoms with Crippen molar-refractivity contribution >= 4 is 11.6 Å². The van der Waals surface area contributed by atoms with Gasteiger partial charge in [0.05, 0.1) is 0 Å². The van der Waals surface area contributed by atoms with Crippen molar-refractivity contribution in [3.8, 4) is 0 Å². The molecule has 0 fully saturated rings. The zero-order chi connectivity index (χ0) is 11.5. The summed E-state index contributed by atoms with van der Waals surface area (Å²) in [5.41, 5.74) is 1.22. The summed E-state index contributed by atoms with van der Waals surface area (Å²) in [6, 6.07) is 7.83. The highest BCUT2D eigenvalue weighted by atomic mass is 35.5. The Labute approximate surface area is 97.1 Å². The molecule has 15 heavy (non-hydrogen) atoms.